The van der Waals surface area contributed by atoms with E-state index in [-0.39, 0.29) is 11.7 Å². The number of amides is 1. The van der Waals surface area contributed by atoms with E-state index in [1.165, 1.54) is 6.07 Å². The van der Waals surface area contributed by atoms with Gasteiger partial charge < -0.3 is 9.64 Å². The Hall–Kier alpha value is -2.31. The molecule has 156 valence electrons. The normalized spacial score (nSPS) is 15.4. The predicted octanol–water partition coefficient (Wildman–Crippen LogP) is 3.15. The number of piperidine rings is 1. The van der Waals surface area contributed by atoms with Gasteiger partial charge in [0.05, 0.1) is 13.0 Å². The number of benzene rings is 1. The van der Waals surface area contributed by atoms with Gasteiger partial charge in [0.25, 0.3) is 0 Å². The number of hydrogen-bond donors (Lipinski definition) is 0. The van der Waals surface area contributed by atoms with Crippen LogP contribution in [-0.4, -0.2) is 60.6 Å². The molecule has 0 unspecified atom stereocenters. The smallest absolute Gasteiger partial charge is 0.227 e. The molecule has 29 heavy (non-hydrogen) atoms. The molecule has 1 amide bonds. The van der Waals surface area contributed by atoms with Crippen LogP contribution in [-0.2, 0) is 22.5 Å². The molecule has 0 atom stereocenters. The number of pyridine rings is 1. The third-order valence-electron chi connectivity index (χ3n) is 5.53. The van der Waals surface area contributed by atoms with E-state index in [1.807, 2.05) is 29.2 Å². The summed E-state index contributed by atoms with van der Waals surface area (Å²) < 4.78 is 19.1. The third-order valence-corrected chi connectivity index (χ3v) is 5.53. The lowest BCUT2D eigenvalue weighted by Gasteiger charge is -2.35. The Morgan fingerprint density at radius 2 is 2.03 bits per heavy atom. The van der Waals surface area contributed by atoms with Gasteiger partial charge in [-0.2, -0.15) is 0 Å². The molecule has 1 aromatic carbocycles. The van der Waals surface area contributed by atoms with Crippen LogP contribution >= 0.6 is 0 Å². The lowest BCUT2D eigenvalue weighted by Crippen LogP contribution is -2.42. The average molecular weight is 400 g/mol. The van der Waals surface area contributed by atoms with Crippen molar-refractivity contribution in [1.82, 2.24) is 14.8 Å². The molecule has 1 aromatic heterocycles. The second kappa shape index (κ2) is 11.0. The Bertz CT molecular complexity index is 764. The molecule has 2 aromatic rings. The lowest BCUT2D eigenvalue weighted by atomic mass is 9.95. The van der Waals surface area contributed by atoms with Crippen molar-refractivity contribution in [1.29, 1.82) is 0 Å². The third kappa shape index (κ3) is 6.61. The van der Waals surface area contributed by atoms with Crippen molar-refractivity contribution in [3.8, 4) is 0 Å². The second-order valence-corrected chi connectivity index (χ2v) is 7.68. The largest absolute Gasteiger partial charge is 0.383 e. The van der Waals surface area contributed by atoms with E-state index < -0.39 is 0 Å². The zero-order chi connectivity index (χ0) is 20.5. The van der Waals surface area contributed by atoms with Crippen molar-refractivity contribution < 1.29 is 13.9 Å². The summed E-state index contributed by atoms with van der Waals surface area (Å²) in [5.41, 5.74) is 1.68. The number of hydrogen-bond acceptors (Lipinski definition) is 4. The lowest BCUT2D eigenvalue weighted by molar-refractivity contribution is -0.132. The Balaban J connectivity index is 1.51. The highest BCUT2D eigenvalue weighted by atomic mass is 19.1. The summed E-state index contributed by atoms with van der Waals surface area (Å²) in [7, 11) is 1.66. The number of rotatable bonds is 9. The molecule has 0 spiro atoms. The summed E-state index contributed by atoms with van der Waals surface area (Å²) in [6.45, 7) is 4.38. The topological polar surface area (TPSA) is 45.7 Å². The van der Waals surface area contributed by atoms with Gasteiger partial charge in [-0.25, -0.2) is 4.39 Å². The van der Waals surface area contributed by atoms with Gasteiger partial charge in [0.2, 0.25) is 5.91 Å². The maximum absolute atomic E-state index is 13.9. The SMILES string of the molecule is COCCN(CC1CCN(Cc2ccccc2F)CC1)C(=O)Cc1cccnc1. The number of nitrogens with zero attached hydrogens (tertiary/aromatic N) is 3. The molecule has 3 rings (SSSR count). The van der Waals surface area contributed by atoms with E-state index in [2.05, 4.69) is 9.88 Å². The van der Waals surface area contributed by atoms with Gasteiger partial charge in [0, 0.05) is 44.7 Å². The number of aromatic nitrogens is 1. The minimum Gasteiger partial charge on any atom is -0.383 e. The van der Waals surface area contributed by atoms with Crippen LogP contribution in [0, 0.1) is 11.7 Å². The fourth-order valence-electron chi connectivity index (χ4n) is 3.81. The Kier molecular flexibility index (Phi) is 8.14. The number of carbonyl (C=O) groups is 1. The summed E-state index contributed by atoms with van der Waals surface area (Å²) in [5, 5.41) is 0. The molecule has 0 saturated carbocycles. The first-order chi connectivity index (χ1) is 14.2. The second-order valence-electron chi connectivity index (χ2n) is 7.68. The molecule has 0 aliphatic carbocycles. The Morgan fingerprint density at radius 1 is 1.24 bits per heavy atom. The number of carbonyl (C=O) groups excluding carboxylic acids is 1. The van der Waals surface area contributed by atoms with Crippen LogP contribution in [0.25, 0.3) is 0 Å². The van der Waals surface area contributed by atoms with E-state index in [1.54, 1.807) is 25.6 Å². The van der Waals surface area contributed by atoms with Gasteiger partial charge >= 0.3 is 0 Å². The number of methoxy groups -OCH3 is 1. The molecule has 1 aliphatic heterocycles. The van der Waals surface area contributed by atoms with Crippen LogP contribution in [0.1, 0.15) is 24.0 Å². The van der Waals surface area contributed by atoms with Gasteiger partial charge in [-0.1, -0.05) is 24.3 Å². The minimum atomic E-state index is -0.138. The van der Waals surface area contributed by atoms with Crippen LogP contribution in [0.2, 0.25) is 0 Å². The molecule has 6 heteroatoms. The molecule has 0 N–H and O–H groups in total. The molecule has 0 radical (unpaired) electrons. The van der Waals surface area contributed by atoms with E-state index >= 15 is 0 Å². The van der Waals surface area contributed by atoms with Gasteiger partial charge in [0.1, 0.15) is 5.82 Å². The summed E-state index contributed by atoms with van der Waals surface area (Å²) in [6, 6.07) is 10.8. The zero-order valence-corrected chi connectivity index (χ0v) is 17.1. The summed E-state index contributed by atoms with van der Waals surface area (Å²) in [5.74, 6) is 0.437. The van der Waals surface area contributed by atoms with Crippen LogP contribution in [0.3, 0.4) is 0 Å². The van der Waals surface area contributed by atoms with Crippen LogP contribution < -0.4 is 0 Å². The highest BCUT2D eigenvalue weighted by Crippen LogP contribution is 2.21. The minimum absolute atomic E-state index is 0.115. The Morgan fingerprint density at radius 3 is 2.72 bits per heavy atom. The highest BCUT2D eigenvalue weighted by Gasteiger charge is 2.24. The fourth-order valence-corrected chi connectivity index (χ4v) is 3.81. The first-order valence-electron chi connectivity index (χ1n) is 10.3. The van der Waals surface area contributed by atoms with Crippen molar-refractivity contribution in [3.05, 3.63) is 65.7 Å². The molecular weight excluding hydrogens is 369 g/mol. The van der Waals surface area contributed by atoms with Gasteiger partial charge in [-0.05, 0) is 49.5 Å². The standard InChI is InChI=1S/C23H30FN3O2/c1-29-14-13-27(23(28)15-20-5-4-10-25-16-20)17-19-8-11-26(12-9-19)18-21-6-2-3-7-22(21)24/h2-7,10,16,19H,8-9,11-15,17-18H2,1H3. The van der Waals surface area contributed by atoms with E-state index in [9.17, 15) is 9.18 Å². The summed E-state index contributed by atoms with van der Waals surface area (Å²) in [6.07, 6.45) is 5.85. The maximum atomic E-state index is 13.9. The molecule has 2 heterocycles. The number of ether oxygens (including phenoxy) is 1. The van der Waals surface area contributed by atoms with E-state index in [4.69, 9.17) is 4.74 Å². The van der Waals surface area contributed by atoms with Crippen LogP contribution in [0.15, 0.2) is 48.8 Å². The van der Waals surface area contributed by atoms with Crippen LogP contribution in [0.5, 0.6) is 0 Å². The van der Waals surface area contributed by atoms with E-state index in [0.29, 0.717) is 32.0 Å². The average Bonchev–Trinajstić information content (AvgIpc) is 2.74. The first-order valence-corrected chi connectivity index (χ1v) is 10.3. The molecule has 1 fully saturated rings. The van der Waals surface area contributed by atoms with Gasteiger partial charge in [0.15, 0.2) is 0 Å². The van der Waals surface area contributed by atoms with Gasteiger partial charge in [-0.15, -0.1) is 0 Å². The summed E-state index contributed by atoms with van der Waals surface area (Å²) >= 11 is 0. The van der Waals surface area contributed by atoms with Crippen LogP contribution in [0.4, 0.5) is 4.39 Å². The zero-order valence-electron chi connectivity index (χ0n) is 17.1. The Labute approximate surface area is 172 Å². The predicted molar refractivity (Wildman–Crippen MR) is 111 cm³/mol. The summed E-state index contributed by atoms with van der Waals surface area (Å²) in [4.78, 5) is 21.1. The number of likely N-dealkylation sites (tertiary alicyclic amines) is 1. The van der Waals surface area contributed by atoms with Crippen molar-refractivity contribution in [2.75, 3.05) is 39.9 Å². The molecule has 0 bridgehead atoms. The first kappa shape index (κ1) is 21.4. The quantitative estimate of drug-likeness (QED) is 0.650. The fraction of sp³-hybridized carbons (Fsp3) is 0.478. The maximum Gasteiger partial charge on any atom is 0.227 e. The van der Waals surface area contributed by atoms with Crippen molar-refractivity contribution >= 4 is 5.91 Å². The van der Waals surface area contributed by atoms with Crippen molar-refractivity contribution in [2.45, 2.75) is 25.8 Å². The highest BCUT2D eigenvalue weighted by molar-refractivity contribution is 5.78. The van der Waals surface area contributed by atoms with Crippen molar-refractivity contribution in [2.24, 2.45) is 5.92 Å². The van der Waals surface area contributed by atoms with Gasteiger partial charge in [-0.3, -0.25) is 14.7 Å². The van der Waals surface area contributed by atoms with Crippen molar-refractivity contribution in [3.63, 3.8) is 0 Å². The molecular formula is C23H30FN3O2. The molecule has 1 saturated heterocycles. The molecule has 1 aliphatic rings. The molecule has 5 nitrogen and oxygen atoms in total. The number of halogens is 1. The monoisotopic (exact) mass is 399 g/mol. The van der Waals surface area contributed by atoms with E-state index in [0.717, 1.165) is 43.6 Å².